The number of primary amides is 1. The second-order valence-corrected chi connectivity index (χ2v) is 2.33. The summed E-state index contributed by atoms with van der Waals surface area (Å²) in [5.41, 5.74) is 6.14. The average Bonchev–Trinajstić information content (AvgIpc) is 2.15. The van der Waals surface area contributed by atoms with Crippen molar-refractivity contribution in [1.82, 2.24) is 0 Å². The molecule has 1 amide bonds. The predicted octanol–water partition coefficient (Wildman–Crippen LogP) is 0.336. The third kappa shape index (κ3) is 2.46. The van der Waals surface area contributed by atoms with Gasteiger partial charge in [-0.05, 0) is 30.2 Å². The molecule has 2 N–H and O–H groups in total. The number of nitrogens with two attached hydrogens (primary N) is 1. The van der Waals surface area contributed by atoms with Crippen LogP contribution in [-0.4, -0.2) is 12.2 Å². The molecular formula is C10H7NO2. The van der Waals surface area contributed by atoms with Crippen molar-refractivity contribution in [2.24, 2.45) is 5.73 Å². The lowest BCUT2D eigenvalue weighted by molar-refractivity contribution is -0.103. The minimum absolute atomic E-state index is 0.427. The van der Waals surface area contributed by atoms with Gasteiger partial charge in [-0.3, -0.25) is 9.59 Å². The van der Waals surface area contributed by atoms with Gasteiger partial charge < -0.3 is 5.73 Å². The molecule has 1 aromatic rings. The van der Waals surface area contributed by atoms with Crippen LogP contribution in [0.4, 0.5) is 0 Å². The number of hydrogen-bond acceptors (Lipinski definition) is 2. The van der Waals surface area contributed by atoms with Crippen molar-refractivity contribution in [2.75, 3.05) is 0 Å². The van der Waals surface area contributed by atoms with Crippen LogP contribution in [0.3, 0.4) is 0 Å². The second kappa shape index (κ2) is 4.07. The van der Waals surface area contributed by atoms with Crippen LogP contribution in [0.15, 0.2) is 24.3 Å². The van der Waals surface area contributed by atoms with Crippen molar-refractivity contribution in [2.45, 2.75) is 0 Å². The Morgan fingerprint density at radius 2 is 1.92 bits per heavy atom. The molecule has 0 heterocycles. The Kier molecular flexibility index (Phi) is 2.82. The number of carbonyl (C=O) groups is 2. The Morgan fingerprint density at radius 3 is 2.38 bits per heavy atom. The van der Waals surface area contributed by atoms with Crippen molar-refractivity contribution >= 4 is 12.2 Å². The van der Waals surface area contributed by atoms with Crippen LogP contribution in [0, 0.1) is 11.8 Å². The number of amides is 1. The maximum Gasteiger partial charge on any atom is 0.248 e. The van der Waals surface area contributed by atoms with Crippen LogP contribution in [-0.2, 0) is 4.79 Å². The van der Waals surface area contributed by atoms with Gasteiger partial charge in [-0.25, -0.2) is 0 Å². The fourth-order valence-corrected chi connectivity index (χ4v) is 0.831. The third-order valence-corrected chi connectivity index (χ3v) is 1.44. The van der Waals surface area contributed by atoms with E-state index in [9.17, 15) is 9.59 Å². The van der Waals surface area contributed by atoms with Gasteiger partial charge in [-0.15, -0.1) is 0 Å². The molecule has 3 heteroatoms. The van der Waals surface area contributed by atoms with Gasteiger partial charge in [0.05, 0.1) is 0 Å². The Bertz CT molecular complexity index is 382. The normalized spacial score (nSPS) is 8.31. The predicted molar refractivity (Wildman–Crippen MR) is 47.9 cm³/mol. The lowest BCUT2D eigenvalue weighted by Crippen LogP contribution is -2.10. The highest BCUT2D eigenvalue weighted by Gasteiger charge is 1.97. The number of rotatable bonds is 1. The molecule has 0 aliphatic carbocycles. The fraction of sp³-hybridized carbons (Fsp3) is 0. The van der Waals surface area contributed by atoms with Gasteiger partial charge in [-0.2, -0.15) is 0 Å². The summed E-state index contributed by atoms with van der Waals surface area (Å²) in [5.74, 6) is 4.38. The summed E-state index contributed by atoms with van der Waals surface area (Å²) in [5, 5.41) is 0. The highest BCUT2D eigenvalue weighted by molar-refractivity contribution is 5.92. The molecule has 0 radical (unpaired) electrons. The summed E-state index contributed by atoms with van der Waals surface area (Å²) in [4.78, 5) is 20.6. The zero-order valence-electron chi connectivity index (χ0n) is 6.78. The second-order valence-electron chi connectivity index (χ2n) is 2.33. The lowest BCUT2D eigenvalue weighted by Gasteiger charge is -1.93. The minimum atomic E-state index is -0.477. The summed E-state index contributed by atoms with van der Waals surface area (Å²) in [6, 6.07) is 6.40. The summed E-state index contributed by atoms with van der Waals surface area (Å²) in [6.07, 6.45) is 0.516. The molecule has 0 bridgehead atoms. The SMILES string of the molecule is NC(=O)c1ccc(C#CC=O)cc1. The first kappa shape index (κ1) is 9.01. The molecule has 3 nitrogen and oxygen atoms in total. The summed E-state index contributed by atoms with van der Waals surface area (Å²) >= 11 is 0. The zero-order chi connectivity index (χ0) is 9.68. The van der Waals surface area contributed by atoms with E-state index in [4.69, 9.17) is 5.73 Å². The summed E-state index contributed by atoms with van der Waals surface area (Å²) in [6.45, 7) is 0. The van der Waals surface area contributed by atoms with Crippen molar-refractivity contribution in [1.29, 1.82) is 0 Å². The standard InChI is InChI=1S/C10H7NO2/c11-10(13)9-5-3-8(4-6-9)2-1-7-12/h3-7H,(H2,11,13). The highest BCUT2D eigenvalue weighted by atomic mass is 16.1. The molecule has 64 valence electrons. The number of carbonyl (C=O) groups excluding carboxylic acids is 2. The Hall–Kier alpha value is -2.08. The number of hydrogen-bond donors (Lipinski definition) is 1. The topological polar surface area (TPSA) is 60.2 Å². The van der Waals surface area contributed by atoms with Crippen molar-refractivity contribution in [3.05, 3.63) is 35.4 Å². The third-order valence-electron chi connectivity index (χ3n) is 1.44. The molecule has 0 unspecified atom stereocenters. The van der Waals surface area contributed by atoms with E-state index < -0.39 is 5.91 Å². The van der Waals surface area contributed by atoms with E-state index in [1.54, 1.807) is 24.3 Å². The first-order valence-electron chi connectivity index (χ1n) is 3.59. The van der Waals surface area contributed by atoms with Crippen LogP contribution in [0.1, 0.15) is 15.9 Å². The smallest absolute Gasteiger partial charge is 0.248 e. The molecule has 0 aromatic heterocycles. The van der Waals surface area contributed by atoms with Crippen LogP contribution in [0.25, 0.3) is 0 Å². The molecule has 0 atom stereocenters. The van der Waals surface area contributed by atoms with Crippen LogP contribution >= 0.6 is 0 Å². The van der Waals surface area contributed by atoms with E-state index >= 15 is 0 Å². The Labute approximate surface area is 75.6 Å². The van der Waals surface area contributed by atoms with E-state index in [0.717, 1.165) is 0 Å². The molecule has 0 aliphatic heterocycles. The van der Waals surface area contributed by atoms with E-state index in [-0.39, 0.29) is 0 Å². The molecule has 0 saturated heterocycles. The summed E-state index contributed by atoms with van der Waals surface area (Å²) in [7, 11) is 0. The molecular weight excluding hydrogens is 166 g/mol. The quantitative estimate of drug-likeness (QED) is 0.491. The lowest BCUT2D eigenvalue weighted by atomic mass is 10.1. The molecule has 0 aliphatic rings. The highest BCUT2D eigenvalue weighted by Crippen LogP contribution is 2.01. The first-order chi connectivity index (χ1) is 6.24. The van der Waals surface area contributed by atoms with Gasteiger partial charge in [0.1, 0.15) is 0 Å². The Balaban J connectivity index is 2.93. The van der Waals surface area contributed by atoms with E-state index in [1.807, 2.05) is 0 Å². The van der Waals surface area contributed by atoms with E-state index in [0.29, 0.717) is 17.4 Å². The van der Waals surface area contributed by atoms with Crippen LogP contribution in [0.5, 0.6) is 0 Å². The van der Waals surface area contributed by atoms with Gasteiger partial charge in [0.15, 0.2) is 6.29 Å². The van der Waals surface area contributed by atoms with Crippen LogP contribution in [0.2, 0.25) is 0 Å². The fourth-order valence-electron chi connectivity index (χ4n) is 0.831. The van der Waals surface area contributed by atoms with Crippen molar-refractivity contribution in [3.63, 3.8) is 0 Å². The number of aldehydes is 1. The Morgan fingerprint density at radius 1 is 1.31 bits per heavy atom. The summed E-state index contributed by atoms with van der Waals surface area (Å²) < 4.78 is 0. The van der Waals surface area contributed by atoms with E-state index in [2.05, 4.69) is 11.8 Å². The zero-order valence-corrected chi connectivity index (χ0v) is 6.78. The van der Waals surface area contributed by atoms with Crippen molar-refractivity contribution in [3.8, 4) is 11.8 Å². The van der Waals surface area contributed by atoms with Gasteiger partial charge in [-0.1, -0.05) is 5.92 Å². The number of benzene rings is 1. The van der Waals surface area contributed by atoms with Gasteiger partial charge in [0.2, 0.25) is 5.91 Å². The van der Waals surface area contributed by atoms with Gasteiger partial charge in [0.25, 0.3) is 0 Å². The molecule has 0 spiro atoms. The first-order valence-corrected chi connectivity index (χ1v) is 3.59. The average molecular weight is 173 g/mol. The van der Waals surface area contributed by atoms with Gasteiger partial charge >= 0.3 is 0 Å². The maximum absolute atomic E-state index is 10.7. The van der Waals surface area contributed by atoms with Crippen LogP contribution < -0.4 is 5.73 Å². The maximum atomic E-state index is 10.7. The van der Waals surface area contributed by atoms with E-state index in [1.165, 1.54) is 0 Å². The van der Waals surface area contributed by atoms with Gasteiger partial charge in [0, 0.05) is 11.1 Å². The largest absolute Gasteiger partial charge is 0.366 e. The molecule has 1 rings (SSSR count). The monoisotopic (exact) mass is 173 g/mol. The minimum Gasteiger partial charge on any atom is -0.366 e. The molecule has 0 fully saturated rings. The molecule has 1 aromatic carbocycles. The van der Waals surface area contributed by atoms with Crippen molar-refractivity contribution < 1.29 is 9.59 Å². The molecule has 0 saturated carbocycles. The molecule has 13 heavy (non-hydrogen) atoms.